The van der Waals surface area contributed by atoms with Crippen molar-refractivity contribution in [2.75, 3.05) is 20.2 Å². The van der Waals surface area contributed by atoms with Gasteiger partial charge in [0.2, 0.25) is 0 Å². The Labute approximate surface area is 165 Å². The van der Waals surface area contributed by atoms with Crippen molar-refractivity contribution in [1.29, 1.82) is 0 Å². The molecular formula is C21H29NO6. The highest BCUT2D eigenvalue weighted by atomic mass is 16.6. The van der Waals surface area contributed by atoms with Gasteiger partial charge in [0.15, 0.2) is 0 Å². The molecule has 1 unspecified atom stereocenters. The van der Waals surface area contributed by atoms with E-state index in [9.17, 15) is 14.7 Å². The summed E-state index contributed by atoms with van der Waals surface area (Å²) in [5, 5.41) is 10.7. The summed E-state index contributed by atoms with van der Waals surface area (Å²) < 4.78 is 16.7. The molecule has 3 rings (SSSR count). The van der Waals surface area contributed by atoms with E-state index in [0.717, 1.165) is 0 Å². The zero-order valence-corrected chi connectivity index (χ0v) is 17.2. The third-order valence-electron chi connectivity index (χ3n) is 5.41. The first-order valence-corrected chi connectivity index (χ1v) is 9.62. The molecule has 0 saturated carbocycles. The summed E-state index contributed by atoms with van der Waals surface area (Å²) in [6, 6.07) is 3.39. The summed E-state index contributed by atoms with van der Waals surface area (Å²) >= 11 is 0. The van der Waals surface area contributed by atoms with E-state index in [1.165, 1.54) is 7.11 Å². The molecule has 7 heteroatoms. The zero-order valence-electron chi connectivity index (χ0n) is 17.2. The van der Waals surface area contributed by atoms with Crippen molar-refractivity contribution < 1.29 is 28.9 Å². The number of esters is 1. The fourth-order valence-corrected chi connectivity index (χ4v) is 3.89. The van der Waals surface area contributed by atoms with Crippen LogP contribution in [-0.2, 0) is 9.47 Å². The van der Waals surface area contributed by atoms with Crippen LogP contribution in [0.2, 0.25) is 0 Å². The highest BCUT2D eigenvalue weighted by Gasteiger charge is 2.45. The Hall–Kier alpha value is -2.28. The van der Waals surface area contributed by atoms with E-state index >= 15 is 0 Å². The standard InChI is InChI=1S/C21H29NO6/c1-13-14(18(24)26-5)6-7-15-16(23)12-21(27-17(13)15)8-10-22(11-9-21)19(25)28-20(2,3)4/h6-7,16,23H,8-12H2,1-5H3. The minimum absolute atomic E-state index is 0.330. The average Bonchev–Trinajstić information content (AvgIpc) is 2.61. The summed E-state index contributed by atoms with van der Waals surface area (Å²) in [5.41, 5.74) is 0.674. The first-order chi connectivity index (χ1) is 13.1. The third-order valence-corrected chi connectivity index (χ3v) is 5.41. The zero-order chi connectivity index (χ0) is 20.7. The maximum absolute atomic E-state index is 12.3. The molecule has 1 aromatic carbocycles. The monoisotopic (exact) mass is 391 g/mol. The molecule has 0 radical (unpaired) electrons. The second kappa shape index (κ2) is 7.28. The number of piperidine rings is 1. The Balaban J connectivity index is 1.78. The first kappa shape index (κ1) is 20.5. The minimum Gasteiger partial charge on any atom is -0.486 e. The lowest BCUT2D eigenvalue weighted by atomic mass is 9.81. The van der Waals surface area contributed by atoms with Gasteiger partial charge in [0, 0.05) is 43.5 Å². The lowest BCUT2D eigenvalue weighted by molar-refractivity contribution is -0.0574. The van der Waals surface area contributed by atoms with Crippen molar-refractivity contribution in [3.8, 4) is 5.75 Å². The van der Waals surface area contributed by atoms with Crippen molar-refractivity contribution >= 4 is 12.1 Å². The molecule has 0 aliphatic carbocycles. The number of hydrogen-bond acceptors (Lipinski definition) is 6. The SMILES string of the molecule is COC(=O)c1ccc2c(c1C)OC1(CCN(C(=O)OC(C)(C)C)CC1)CC2O. The van der Waals surface area contributed by atoms with Gasteiger partial charge in [0.05, 0.1) is 18.8 Å². The van der Waals surface area contributed by atoms with Crippen LogP contribution in [0.15, 0.2) is 12.1 Å². The van der Waals surface area contributed by atoms with Crippen LogP contribution in [0.5, 0.6) is 5.75 Å². The fourth-order valence-electron chi connectivity index (χ4n) is 3.89. The van der Waals surface area contributed by atoms with E-state index in [2.05, 4.69) is 0 Å². The molecule has 2 aliphatic heterocycles. The largest absolute Gasteiger partial charge is 0.486 e. The van der Waals surface area contributed by atoms with Gasteiger partial charge in [-0.2, -0.15) is 0 Å². The number of hydrogen-bond donors (Lipinski definition) is 1. The number of aliphatic hydroxyl groups is 1. The van der Waals surface area contributed by atoms with E-state index in [0.29, 0.717) is 54.8 Å². The number of carbonyl (C=O) groups excluding carboxylic acids is 2. The number of amides is 1. The Morgan fingerprint density at radius 1 is 1.25 bits per heavy atom. The average molecular weight is 391 g/mol. The van der Waals surface area contributed by atoms with Gasteiger partial charge in [-0.25, -0.2) is 9.59 Å². The van der Waals surface area contributed by atoms with Crippen LogP contribution in [0.1, 0.15) is 67.6 Å². The van der Waals surface area contributed by atoms with Crippen molar-refractivity contribution in [2.24, 2.45) is 0 Å². The summed E-state index contributed by atoms with van der Waals surface area (Å²) in [4.78, 5) is 26.0. The molecule has 154 valence electrons. The Bertz CT molecular complexity index is 774. The van der Waals surface area contributed by atoms with Gasteiger partial charge >= 0.3 is 12.1 Å². The number of fused-ring (bicyclic) bond motifs is 1. The molecule has 1 saturated heterocycles. The van der Waals surface area contributed by atoms with Crippen LogP contribution >= 0.6 is 0 Å². The van der Waals surface area contributed by atoms with E-state index in [-0.39, 0.29) is 6.09 Å². The third kappa shape index (κ3) is 3.94. The summed E-state index contributed by atoms with van der Waals surface area (Å²) in [7, 11) is 1.34. The topological polar surface area (TPSA) is 85.3 Å². The van der Waals surface area contributed by atoms with Crippen LogP contribution in [0.3, 0.4) is 0 Å². The van der Waals surface area contributed by atoms with Gasteiger partial charge < -0.3 is 24.2 Å². The van der Waals surface area contributed by atoms with Gasteiger partial charge in [-0.15, -0.1) is 0 Å². The molecular weight excluding hydrogens is 362 g/mol. The smallest absolute Gasteiger partial charge is 0.410 e. The quantitative estimate of drug-likeness (QED) is 0.739. The molecule has 7 nitrogen and oxygen atoms in total. The normalized spacial score (nSPS) is 20.9. The van der Waals surface area contributed by atoms with E-state index < -0.39 is 23.3 Å². The van der Waals surface area contributed by atoms with Crippen LogP contribution in [-0.4, -0.2) is 53.5 Å². The summed E-state index contributed by atoms with van der Waals surface area (Å²) in [5.74, 6) is 0.116. The number of carbonyl (C=O) groups is 2. The minimum atomic E-state index is -0.678. The number of methoxy groups -OCH3 is 1. The molecule has 0 bridgehead atoms. The molecule has 2 heterocycles. The lowest BCUT2D eigenvalue weighted by Crippen LogP contribution is -2.52. The number of ether oxygens (including phenoxy) is 3. The van der Waals surface area contributed by atoms with E-state index in [1.807, 2.05) is 20.8 Å². The number of nitrogens with zero attached hydrogens (tertiary/aromatic N) is 1. The van der Waals surface area contributed by atoms with Gasteiger partial charge in [0.25, 0.3) is 0 Å². The molecule has 1 N–H and O–H groups in total. The fraction of sp³-hybridized carbons (Fsp3) is 0.619. The van der Waals surface area contributed by atoms with Crippen LogP contribution in [0.4, 0.5) is 4.79 Å². The van der Waals surface area contributed by atoms with Gasteiger partial charge in [-0.1, -0.05) is 6.07 Å². The summed E-state index contributed by atoms with van der Waals surface area (Å²) in [6.45, 7) is 8.31. The van der Waals surface area contributed by atoms with Gasteiger partial charge in [-0.05, 0) is 33.8 Å². The molecule has 1 atom stereocenters. The van der Waals surface area contributed by atoms with Crippen LogP contribution < -0.4 is 4.74 Å². The van der Waals surface area contributed by atoms with E-state index in [4.69, 9.17) is 14.2 Å². The van der Waals surface area contributed by atoms with E-state index in [1.54, 1.807) is 24.0 Å². The first-order valence-electron chi connectivity index (χ1n) is 9.62. The molecule has 1 fully saturated rings. The number of benzene rings is 1. The van der Waals surface area contributed by atoms with Crippen LogP contribution in [0, 0.1) is 6.92 Å². The number of likely N-dealkylation sites (tertiary alicyclic amines) is 1. The number of rotatable bonds is 1. The number of aliphatic hydroxyl groups excluding tert-OH is 1. The maximum Gasteiger partial charge on any atom is 0.410 e. The molecule has 0 aromatic heterocycles. The molecule has 1 spiro atoms. The Kier molecular flexibility index (Phi) is 5.32. The molecule has 28 heavy (non-hydrogen) atoms. The van der Waals surface area contributed by atoms with Crippen molar-refractivity contribution in [3.05, 3.63) is 28.8 Å². The maximum atomic E-state index is 12.3. The van der Waals surface area contributed by atoms with Crippen molar-refractivity contribution in [1.82, 2.24) is 4.90 Å². The molecule has 1 aromatic rings. The second-order valence-electron chi connectivity index (χ2n) is 8.62. The highest BCUT2D eigenvalue weighted by molar-refractivity contribution is 5.92. The Morgan fingerprint density at radius 2 is 1.89 bits per heavy atom. The van der Waals surface area contributed by atoms with Gasteiger partial charge in [-0.3, -0.25) is 0 Å². The highest BCUT2D eigenvalue weighted by Crippen LogP contribution is 2.46. The molecule has 1 amide bonds. The van der Waals surface area contributed by atoms with Gasteiger partial charge in [0.1, 0.15) is 17.0 Å². The predicted octanol–water partition coefficient (Wildman–Crippen LogP) is 3.37. The predicted molar refractivity (Wildman–Crippen MR) is 102 cm³/mol. The summed E-state index contributed by atoms with van der Waals surface area (Å²) in [6.07, 6.45) is 0.625. The van der Waals surface area contributed by atoms with Crippen molar-refractivity contribution in [3.63, 3.8) is 0 Å². The van der Waals surface area contributed by atoms with Crippen LogP contribution in [0.25, 0.3) is 0 Å². The lowest BCUT2D eigenvalue weighted by Gasteiger charge is -2.46. The second-order valence-corrected chi connectivity index (χ2v) is 8.62. The van der Waals surface area contributed by atoms with Crippen molar-refractivity contribution in [2.45, 2.75) is 64.3 Å². The molecule has 2 aliphatic rings. The Morgan fingerprint density at radius 3 is 2.46 bits per heavy atom.